The second-order valence-electron chi connectivity index (χ2n) is 5.97. The van der Waals surface area contributed by atoms with E-state index in [1.165, 1.54) is 12.1 Å². The number of fused-ring (bicyclic) bond motifs is 1. The second-order valence-corrected chi connectivity index (χ2v) is 7.92. The van der Waals surface area contributed by atoms with Crippen LogP contribution in [-0.2, 0) is 14.6 Å². The zero-order chi connectivity index (χ0) is 18.1. The molecule has 2 aromatic rings. The smallest absolute Gasteiger partial charge is 0.265 e. The van der Waals surface area contributed by atoms with Gasteiger partial charge in [0.05, 0.1) is 28.6 Å². The van der Waals surface area contributed by atoms with Crippen molar-refractivity contribution in [3.05, 3.63) is 48.5 Å². The topological polar surface area (TPSA) is 88.1 Å². The minimum atomic E-state index is -3.65. The van der Waals surface area contributed by atoms with Gasteiger partial charge in [-0.1, -0.05) is 18.2 Å². The fourth-order valence-corrected chi connectivity index (χ4v) is 4.26. The van der Waals surface area contributed by atoms with Gasteiger partial charge in [-0.3, -0.25) is 14.7 Å². The summed E-state index contributed by atoms with van der Waals surface area (Å²) in [6.07, 6.45) is 0. The summed E-state index contributed by atoms with van der Waals surface area (Å²) in [5.74, 6) is 0.931. The van der Waals surface area contributed by atoms with Gasteiger partial charge in [0.15, 0.2) is 6.61 Å². The van der Waals surface area contributed by atoms with Crippen LogP contribution in [0.2, 0.25) is 0 Å². The number of amidine groups is 1. The second kappa shape index (κ2) is 6.45. The fraction of sp³-hybridized carbons (Fsp3) is 0.222. The number of carbonyl (C=O) groups excluding carboxylic acids is 1. The van der Waals surface area contributed by atoms with Crippen LogP contribution in [0.1, 0.15) is 0 Å². The Balaban J connectivity index is 1.69. The zero-order valence-electron chi connectivity index (χ0n) is 13.9. The van der Waals surface area contributed by atoms with Crippen LogP contribution in [-0.4, -0.2) is 46.4 Å². The zero-order valence-corrected chi connectivity index (χ0v) is 14.7. The van der Waals surface area contributed by atoms with Crippen LogP contribution in [0.3, 0.4) is 0 Å². The molecule has 2 aliphatic heterocycles. The summed E-state index contributed by atoms with van der Waals surface area (Å²) >= 11 is 0. The highest BCUT2D eigenvalue weighted by Crippen LogP contribution is 2.35. The first-order chi connectivity index (χ1) is 12.6. The molecule has 8 heteroatoms. The maximum Gasteiger partial charge on any atom is 0.265 e. The van der Waals surface area contributed by atoms with E-state index in [1.807, 2.05) is 0 Å². The van der Waals surface area contributed by atoms with Gasteiger partial charge in [-0.15, -0.1) is 0 Å². The van der Waals surface area contributed by atoms with Crippen LogP contribution in [0.4, 0.5) is 5.69 Å². The Bertz CT molecular complexity index is 987. The van der Waals surface area contributed by atoms with Gasteiger partial charge >= 0.3 is 0 Å². The molecular formula is C18H17N3O4S. The van der Waals surface area contributed by atoms with Gasteiger partial charge in [0.1, 0.15) is 11.6 Å². The molecule has 134 valence electrons. The van der Waals surface area contributed by atoms with E-state index in [0.29, 0.717) is 24.5 Å². The van der Waals surface area contributed by atoms with Gasteiger partial charge in [-0.05, 0) is 24.3 Å². The number of rotatable bonds is 4. The highest BCUT2D eigenvalue weighted by atomic mass is 32.2. The van der Waals surface area contributed by atoms with E-state index in [4.69, 9.17) is 4.74 Å². The van der Waals surface area contributed by atoms with Gasteiger partial charge in [0.25, 0.3) is 5.91 Å². The van der Waals surface area contributed by atoms with E-state index in [9.17, 15) is 13.2 Å². The van der Waals surface area contributed by atoms with Crippen LogP contribution in [0.25, 0.3) is 0 Å². The van der Waals surface area contributed by atoms with Crippen molar-refractivity contribution in [2.24, 2.45) is 4.99 Å². The SMILES string of the molecule is O=C1COc2cc(S(=O)(=O)c3ccccc3)ccc2N1CC1=NCCN1. The van der Waals surface area contributed by atoms with Crippen molar-refractivity contribution in [1.29, 1.82) is 0 Å². The van der Waals surface area contributed by atoms with Crippen molar-refractivity contribution in [2.75, 3.05) is 31.1 Å². The number of hydrogen-bond donors (Lipinski definition) is 1. The summed E-state index contributed by atoms with van der Waals surface area (Å²) in [7, 11) is -3.65. The minimum Gasteiger partial charge on any atom is -0.482 e. The van der Waals surface area contributed by atoms with E-state index < -0.39 is 9.84 Å². The maximum atomic E-state index is 12.8. The standard InChI is InChI=1S/C18H17N3O4S/c22-18-12-25-16-10-14(26(23,24)13-4-2-1-3-5-13)6-7-15(16)21(18)11-17-19-8-9-20-17/h1-7,10H,8-9,11-12H2,(H,19,20). The summed E-state index contributed by atoms with van der Waals surface area (Å²) in [5, 5.41) is 3.13. The van der Waals surface area contributed by atoms with Crippen molar-refractivity contribution in [1.82, 2.24) is 5.32 Å². The third-order valence-corrected chi connectivity index (χ3v) is 6.06. The molecule has 0 radical (unpaired) electrons. The summed E-state index contributed by atoms with van der Waals surface area (Å²) in [4.78, 5) is 18.5. The van der Waals surface area contributed by atoms with Crippen LogP contribution in [0, 0.1) is 0 Å². The molecule has 0 unspecified atom stereocenters. The molecular weight excluding hydrogens is 354 g/mol. The molecule has 2 heterocycles. The molecule has 2 aliphatic rings. The lowest BCUT2D eigenvalue weighted by molar-refractivity contribution is -0.121. The number of nitrogens with one attached hydrogen (secondary N) is 1. The molecule has 0 spiro atoms. The number of amides is 1. The maximum absolute atomic E-state index is 12.8. The molecule has 4 rings (SSSR count). The third kappa shape index (κ3) is 2.92. The normalized spacial score (nSPS) is 16.5. The molecule has 7 nitrogen and oxygen atoms in total. The molecule has 0 aliphatic carbocycles. The number of aliphatic imine (C=N–C) groups is 1. The van der Waals surface area contributed by atoms with Crippen molar-refractivity contribution in [3.8, 4) is 5.75 Å². The molecule has 1 amide bonds. The first kappa shape index (κ1) is 16.6. The van der Waals surface area contributed by atoms with Crippen molar-refractivity contribution in [3.63, 3.8) is 0 Å². The highest BCUT2D eigenvalue weighted by molar-refractivity contribution is 7.91. The summed E-state index contributed by atoms with van der Waals surface area (Å²) < 4.78 is 31.0. The van der Waals surface area contributed by atoms with Crippen LogP contribution >= 0.6 is 0 Å². The minimum absolute atomic E-state index is 0.130. The Kier molecular flexibility index (Phi) is 4.12. The number of benzene rings is 2. The quantitative estimate of drug-likeness (QED) is 0.874. The van der Waals surface area contributed by atoms with Crippen molar-refractivity contribution >= 4 is 27.3 Å². The monoisotopic (exact) mass is 371 g/mol. The third-order valence-electron chi connectivity index (χ3n) is 4.29. The number of anilines is 1. The van der Waals surface area contributed by atoms with Crippen LogP contribution < -0.4 is 15.0 Å². The molecule has 0 aromatic heterocycles. The van der Waals surface area contributed by atoms with E-state index in [-0.39, 0.29) is 22.3 Å². The molecule has 1 N–H and O–H groups in total. The van der Waals surface area contributed by atoms with E-state index in [2.05, 4.69) is 10.3 Å². The molecule has 26 heavy (non-hydrogen) atoms. The van der Waals surface area contributed by atoms with Gasteiger partial charge in [-0.25, -0.2) is 8.42 Å². The van der Waals surface area contributed by atoms with Gasteiger partial charge in [0, 0.05) is 12.6 Å². The first-order valence-corrected chi connectivity index (χ1v) is 9.68. The van der Waals surface area contributed by atoms with Crippen LogP contribution in [0.5, 0.6) is 5.75 Å². The van der Waals surface area contributed by atoms with Gasteiger partial charge in [0.2, 0.25) is 9.84 Å². The molecule has 0 atom stereocenters. The lowest BCUT2D eigenvalue weighted by Crippen LogP contribution is -2.44. The van der Waals surface area contributed by atoms with Crippen molar-refractivity contribution < 1.29 is 17.9 Å². The number of carbonyl (C=O) groups is 1. The Morgan fingerprint density at radius 1 is 1.12 bits per heavy atom. The molecule has 0 bridgehead atoms. The van der Waals surface area contributed by atoms with E-state index in [0.717, 1.165) is 12.4 Å². The average molecular weight is 371 g/mol. The molecule has 0 saturated heterocycles. The Morgan fingerprint density at radius 3 is 2.65 bits per heavy atom. The van der Waals surface area contributed by atoms with Crippen molar-refractivity contribution in [2.45, 2.75) is 9.79 Å². The Labute approximate surface area is 151 Å². The lowest BCUT2D eigenvalue weighted by Gasteiger charge is -2.29. The number of nitrogens with zero attached hydrogens (tertiary/aromatic N) is 2. The fourth-order valence-electron chi connectivity index (χ4n) is 2.96. The predicted molar refractivity (Wildman–Crippen MR) is 96.5 cm³/mol. The van der Waals surface area contributed by atoms with E-state index >= 15 is 0 Å². The number of ether oxygens (including phenoxy) is 1. The molecule has 0 fully saturated rings. The predicted octanol–water partition coefficient (Wildman–Crippen LogP) is 1.25. The summed E-state index contributed by atoms with van der Waals surface area (Å²) in [6.45, 7) is 1.64. The molecule has 0 saturated carbocycles. The Morgan fingerprint density at radius 2 is 1.92 bits per heavy atom. The highest BCUT2D eigenvalue weighted by Gasteiger charge is 2.29. The van der Waals surface area contributed by atoms with Gasteiger partial charge in [-0.2, -0.15) is 0 Å². The largest absolute Gasteiger partial charge is 0.482 e. The van der Waals surface area contributed by atoms with Crippen LogP contribution in [0.15, 0.2) is 63.3 Å². The number of sulfone groups is 1. The first-order valence-electron chi connectivity index (χ1n) is 8.20. The summed E-state index contributed by atoms with van der Waals surface area (Å²) in [6, 6.07) is 12.8. The Hall–Kier alpha value is -2.87. The average Bonchev–Trinajstić information content (AvgIpc) is 3.17. The summed E-state index contributed by atoms with van der Waals surface area (Å²) in [5.41, 5.74) is 0.546. The lowest BCUT2D eigenvalue weighted by atomic mass is 10.2. The molecule has 2 aromatic carbocycles. The van der Waals surface area contributed by atoms with E-state index in [1.54, 1.807) is 41.3 Å². The number of hydrogen-bond acceptors (Lipinski definition) is 6. The van der Waals surface area contributed by atoms with Gasteiger partial charge < -0.3 is 10.1 Å².